The normalized spacial score (nSPS) is 14.4. The van der Waals surface area contributed by atoms with Crippen LogP contribution in [0.1, 0.15) is 27.7 Å². The smallest absolute Gasteiger partial charge is 0.131 e. The first kappa shape index (κ1) is 13.8. The largest absolute Gasteiger partial charge is 0.392 e. The van der Waals surface area contributed by atoms with Gasteiger partial charge in [-0.05, 0) is 27.7 Å². The van der Waals surface area contributed by atoms with Gasteiger partial charge in [0.25, 0.3) is 0 Å². The molecule has 0 saturated heterocycles. The SMILES string of the molecule is CCOCCOC(CO)NC(C)(C)C. The third-order valence-electron chi connectivity index (χ3n) is 1.51. The molecule has 0 spiro atoms. The maximum absolute atomic E-state index is 9.02. The van der Waals surface area contributed by atoms with Crippen molar-refractivity contribution in [1.82, 2.24) is 5.32 Å². The number of hydrogen-bond donors (Lipinski definition) is 2. The summed E-state index contributed by atoms with van der Waals surface area (Å²) in [7, 11) is 0. The zero-order chi connectivity index (χ0) is 11.0. The summed E-state index contributed by atoms with van der Waals surface area (Å²) >= 11 is 0. The van der Waals surface area contributed by atoms with Gasteiger partial charge in [0.15, 0.2) is 0 Å². The van der Waals surface area contributed by atoms with Crippen molar-refractivity contribution in [2.45, 2.75) is 39.5 Å². The molecule has 0 aromatic rings. The van der Waals surface area contributed by atoms with E-state index in [1.54, 1.807) is 0 Å². The molecular formula is C10H23NO3. The number of aliphatic hydroxyl groups excluding tert-OH is 1. The van der Waals surface area contributed by atoms with E-state index in [2.05, 4.69) is 5.32 Å². The summed E-state index contributed by atoms with van der Waals surface area (Å²) in [6.07, 6.45) is -0.310. The van der Waals surface area contributed by atoms with Crippen molar-refractivity contribution in [2.75, 3.05) is 26.4 Å². The Morgan fingerprint density at radius 1 is 1.29 bits per heavy atom. The Morgan fingerprint density at radius 3 is 2.36 bits per heavy atom. The van der Waals surface area contributed by atoms with Gasteiger partial charge < -0.3 is 14.6 Å². The van der Waals surface area contributed by atoms with Crippen molar-refractivity contribution in [2.24, 2.45) is 0 Å². The van der Waals surface area contributed by atoms with E-state index in [9.17, 15) is 0 Å². The van der Waals surface area contributed by atoms with Gasteiger partial charge in [0.1, 0.15) is 6.23 Å². The van der Waals surface area contributed by atoms with Crippen LogP contribution in [0.25, 0.3) is 0 Å². The summed E-state index contributed by atoms with van der Waals surface area (Å²) in [5.74, 6) is 0. The molecule has 2 N–H and O–H groups in total. The van der Waals surface area contributed by atoms with Crippen molar-refractivity contribution in [1.29, 1.82) is 0 Å². The quantitative estimate of drug-likeness (QED) is 0.475. The first-order chi connectivity index (χ1) is 6.49. The molecule has 0 aromatic heterocycles. The molecule has 14 heavy (non-hydrogen) atoms. The third-order valence-corrected chi connectivity index (χ3v) is 1.51. The molecule has 1 atom stereocenters. The van der Waals surface area contributed by atoms with E-state index in [0.717, 1.165) is 0 Å². The fraction of sp³-hybridized carbons (Fsp3) is 1.00. The van der Waals surface area contributed by atoms with Crippen LogP contribution in [0.2, 0.25) is 0 Å². The average molecular weight is 205 g/mol. The van der Waals surface area contributed by atoms with Gasteiger partial charge in [-0.2, -0.15) is 0 Å². The van der Waals surface area contributed by atoms with Crippen molar-refractivity contribution >= 4 is 0 Å². The van der Waals surface area contributed by atoms with Gasteiger partial charge in [0, 0.05) is 12.1 Å². The van der Waals surface area contributed by atoms with E-state index in [-0.39, 0.29) is 18.4 Å². The van der Waals surface area contributed by atoms with Crippen LogP contribution in [0.4, 0.5) is 0 Å². The molecule has 86 valence electrons. The molecule has 0 aromatic carbocycles. The molecule has 0 aliphatic heterocycles. The lowest BCUT2D eigenvalue weighted by Crippen LogP contribution is -2.47. The van der Waals surface area contributed by atoms with Crippen LogP contribution in [0, 0.1) is 0 Å². The lowest BCUT2D eigenvalue weighted by atomic mass is 10.1. The van der Waals surface area contributed by atoms with Crippen LogP contribution in [-0.4, -0.2) is 43.3 Å². The van der Waals surface area contributed by atoms with E-state index in [0.29, 0.717) is 19.8 Å². The highest BCUT2D eigenvalue weighted by molar-refractivity contribution is 4.72. The number of nitrogens with one attached hydrogen (secondary N) is 1. The Morgan fingerprint density at radius 2 is 1.93 bits per heavy atom. The Kier molecular flexibility index (Phi) is 7.09. The van der Waals surface area contributed by atoms with Gasteiger partial charge in [-0.15, -0.1) is 0 Å². The van der Waals surface area contributed by atoms with E-state index < -0.39 is 0 Å². The molecule has 4 heteroatoms. The summed E-state index contributed by atoms with van der Waals surface area (Å²) in [5, 5.41) is 12.2. The van der Waals surface area contributed by atoms with E-state index in [1.807, 2.05) is 27.7 Å². The van der Waals surface area contributed by atoms with Crippen LogP contribution < -0.4 is 5.32 Å². The monoisotopic (exact) mass is 205 g/mol. The van der Waals surface area contributed by atoms with Crippen molar-refractivity contribution in [3.05, 3.63) is 0 Å². The van der Waals surface area contributed by atoms with Crippen LogP contribution in [0.3, 0.4) is 0 Å². The topological polar surface area (TPSA) is 50.7 Å². The zero-order valence-corrected chi connectivity index (χ0v) is 9.67. The highest BCUT2D eigenvalue weighted by Crippen LogP contribution is 2.01. The molecule has 1 unspecified atom stereocenters. The summed E-state index contributed by atoms with van der Waals surface area (Å²) in [6, 6.07) is 0. The fourth-order valence-electron chi connectivity index (χ4n) is 1.02. The molecule has 0 amide bonds. The van der Waals surface area contributed by atoms with E-state index in [1.165, 1.54) is 0 Å². The van der Waals surface area contributed by atoms with E-state index in [4.69, 9.17) is 14.6 Å². The first-order valence-corrected chi connectivity index (χ1v) is 5.07. The second kappa shape index (κ2) is 7.17. The number of aliphatic hydroxyl groups is 1. The van der Waals surface area contributed by atoms with Gasteiger partial charge >= 0.3 is 0 Å². The molecule has 0 aliphatic rings. The lowest BCUT2D eigenvalue weighted by molar-refractivity contribution is -0.0438. The lowest BCUT2D eigenvalue weighted by Gasteiger charge is -2.27. The molecule has 0 heterocycles. The number of hydrogen-bond acceptors (Lipinski definition) is 4. The predicted molar refractivity (Wildman–Crippen MR) is 56.2 cm³/mol. The second-order valence-electron chi connectivity index (χ2n) is 4.13. The molecular weight excluding hydrogens is 182 g/mol. The fourth-order valence-corrected chi connectivity index (χ4v) is 1.02. The minimum Gasteiger partial charge on any atom is -0.392 e. The summed E-state index contributed by atoms with van der Waals surface area (Å²) in [6.45, 7) is 9.77. The maximum atomic E-state index is 9.02. The van der Waals surface area contributed by atoms with Gasteiger partial charge in [-0.3, -0.25) is 5.32 Å². The predicted octanol–water partition coefficient (Wildman–Crippen LogP) is 0.746. The molecule has 0 radical (unpaired) electrons. The van der Waals surface area contributed by atoms with Gasteiger partial charge in [-0.25, -0.2) is 0 Å². The van der Waals surface area contributed by atoms with Crippen LogP contribution in [-0.2, 0) is 9.47 Å². The van der Waals surface area contributed by atoms with Crippen LogP contribution >= 0.6 is 0 Å². The molecule has 0 fully saturated rings. The standard InChI is InChI=1S/C10H23NO3/c1-5-13-6-7-14-9(8-12)11-10(2,3)4/h9,11-12H,5-8H2,1-4H3. The summed E-state index contributed by atoms with van der Waals surface area (Å²) in [4.78, 5) is 0. The van der Waals surface area contributed by atoms with Crippen molar-refractivity contribution in [3.63, 3.8) is 0 Å². The van der Waals surface area contributed by atoms with E-state index >= 15 is 0 Å². The van der Waals surface area contributed by atoms with Gasteiger partial charge in [0.2, 0.25) is 0 Å². The zero-order valence-electron chi connectivity index (χ0n) is 9.67. The van der Waals surface area contributed by atoms with Crippen molar-refractivity contribution < 1.29 is 14.6 Å². The molecule has 0 rings (SSSR count). The highest BCUT2D eigenvalue weighted by Gasteiger charge is 2.16. The number of rotatable bonds is 7. The Hall–Kier alpha value is -0.160. The minimum atomic E-state index is -0.310. The van der Waals surface area contributed by atoms with Crippen LogP contribution in [0.15, 0.2) is 0 Å². The van der Waals surface area contributed by atoms with Gasteiger partial charge in [0.05, 0.1) is 19.8 Å². The van der Waals surface area contributed by atoms with Gasteiger partial charge in [-0.1, -0.05) is 0 Å². The maximum Gasteiger partial charge on any atom is 0.131 e. The Labute approximate surface area is 86.6 Å². The second-order valence-corrected chi connectivity index (χ2v) is 4.13. The molecule has 0 saturated carbocycles. The molecule has 0 aliphatic carbocycles. The van der Waals surface area contributed by atoms with Crippen LogP contribution in [0.5, 0.6) is 0 Å². The number of ether oxygens (including phenoxy) is 2. The average Bonchev–Trinajstić information content (AvgIpc) is 2.08. The minimum absolute atomic E-state index is 0.0244. The Bertz CT molecular complexity index is 134. The van der Waals surface area contributed by atoms with Crippen molar-refractivity contribution in [3.8, 4) is 0 Å². The molecule has 0 bridgehead atoms. The Balaban J connectivity index is 3.58. The molecule has 4 nitrogen and oxygen atoms in total. The highest BCUT2D eigenvalue weighted by atomic mass is 16.5. The first-order valence-electron chi connectivity index (χ1n) is 5.07. The third kappa shape index (κ3) is 8.44. The summed E-state index contributed by atoms with van der Waals surface area (Å²) in [5.41, 5.74) is -0.0565. The summed E-state index contributed by atoms with van der Waals surface area (Å²) < 4.78 is 10.5.